The zero-order valence-electron chi connectivity index (χ0n) is 9.39. The number of pyridine rings is 1. The summed E-state index contributed by atoms with van der Waals surface area (Å²) in [7, 11) is 1.67. The Morgan fingerprint density at radius 3 is 2.88 bits per heavy atom. The Bertz CT molecular complexity index is 374. The van der Waals surface area contributed by atoms with E-state index in [9.17, 15) is 4.79 Å². The standard InChI is InChI=1S/C12H16N2O2/c1-14(11(15)16)12(6-7-12)5-4-10-3-2-8-13-9-10/h2-3,8-9H,4-7H2,1H3,(H,15,16). The molecule has 1 fully saturated rings. The van der Waals surface area contributed by atoms with Crippen molar-refractivity contribution in [3.05, 3.63) is 30.1 Å². The van der Waals surface area contributed by atoms with Crippen LogP contribution in [0.15, 0.2) is 24.5 Å². The molecular formula is C12H16N2O2. The first kappa shape index (κ1) is 10.9. The summed E-state index contributed by atoms with van der Waals surface area (Å²) in [5, 5.41) is 8.97. The Kier molecular flexibility index (Phi) is 2.81. The van der Waals surface area contributed by atoms with E-state index >= 15 is 0 Å². The summed E-state index contributed by atoms with van der Waals surface area (Å²) < 4.78 is 0. The van der Waals surface area contributed by atoms with Crippen molar-refractivity contribution in [2.75, 3.05) is 7.05 Å². The lowest BCUT2D eigenvalue weighted by Crippen LogP contribution is -2.38. The predicted octanol–water partition coefficient (Wildman–Crippen LogP) is 2.16. The third kappa shape index (κ3) is 2.15. The lowest BCUT2D eigenvalue weighted by molar-refractivity contribution is 0.129. The van der Waals surface area contributed by atoms with Gasteiger partial charge in [-0.2, -0.15) is 0 Å². The largest absolute Gasteiger partial charge is 0.465 e. The molecule has 0 aliphatic heterocycles. The van der Waals surface area contributed by atoms with Gasteiger partial charge >= 0.3 is 6.09 Å². The summed E-state index contributed by atoms with van der Waals surface area (Å²) in [6.45, 7) is 0. The Balaban J connectivity index is 1.93. The number of nitrogens with zero attached hydrogens (tertiary/aromatic N) is 2. The van der Waals surface area contributed by atoms with E-state index in [2.05, 4.69) is 4.98 Å². The molecule has 0 unspecified atom stereocenters. The summed E-state index contributed by atoms with van der Waals surface area (Å²) in [6, 6.07) is 3.94. The lowest BCUT2D eigenvalue weighted by atomic mass is 10.0. The van der Waals surface area contributed by atoms with Gasteiger partial charge in [-0.15, -0.1) is 0 Å². The number of amides is 1. The van der Waals surface area contributed by atoms with Gasteiger partial charge < -0.3 is 10.0 Å². The summed E-state index contributed by atoms with van der Waals surface area (Å²) in [5.41, 5.74) is 1.06. The van der Waals surface area contributed by atoms with E-state index in [1.165, 1.54) is 10.5 Å². The minimum Gasteiger partial charge on any atom is -0.465 e. The van der Waals surface area contributed by atoms with Crippen molar-refractivity contribution < 1.29 is 9.90 Å². The van der Waals surface area contributed by atoms with Crippen molar-refractivity contribution in [3.8, 4) is 0 Å². The topological polar surface area (TPSA) is 53.4 Å². The van der Waals surface area contributed by atoms with Gasteiger partial charge in [0.25, 0.3) is 0 Å². The Labute approximate surface area is 94.9 Å². The van der Waals surface area contributed by atoms with Crippen LogP contribution in [-0.4, -0.2) is 33.7 Å². The van der Waals surface area contributed by atoms with Crippen molar-refractivity contribution in [1.82, 2.24) is 9.88 Å². The highest BCUT2D eigenvalue weighted by Crippen LogP contribution is 2.44. The smallest absolute Gasteiger partial charge is 0.407 e. The second-order valence-corrected chi connectivity index (χ2v) is 4.43. The molecule has 1 saturated carbocycles. The van der Waals surface area contributed by atoms with Gasteiger partial charge in [0.05, 0.1) is 0 Å². The van der Waals surface area contributed by atoms with Gasteiger partial charge in [0.1, 0.15) is 0 Å². The Morgan fingerprint density at radius 1 is 1.62 bits per heavy atom. The molecule has 1 N–H and O–H groups in total. The van der Waals surface area contributed by atoms with Crippen LogP contribution in [0.1, 0.15) is 24.8 Å². The molecule has 1 heterocycles. The van der Waals surface area contributed by atoms with Crippen LogP contribution < -0.4 is 0 Å². The first-order valence-electron chi connectivity index (χ1n) is 5.50. The summed E-state index contributed by atoms with van der Waals surface area (Å²) in [6.07, 6.45) is 6.51. The zero-order chi connectivity index (χ0) is 11.6. The van der Waals surface area contributed by atoms with Crippen molar-refractivity contribution in [2.24, 2.45) is 0 Å². The molecule has 0 spiro atoms. The number of aromatic nitrogens is 1. The maximum atomic E-state index is 10.9. The van der Waals surface area contributed by atoms with E-state index in [1.54, 1.807) is 13.2 Å². The van der Waals surface area contributed by atoms with E-state index in [-0.39, 0.29) is 5.54 Å². The normalized spacial score (nSPS) is 16.8. The second-order valence-electron chi connectivity index (χ2n) is 4.43. The van der Waals surface area contributed by atoms with E-state index in [4.69, 9.17) is 5.11 Å². The van der Waals surface area contributed by atoms with Crippen LogP contribution in [-0.2, 0) is 6.42 Å². The second kappa shape index (κ2) is 4.12. The third-order valence-corrected chi connectivity index (χ3v) is 3.43. The van der Waals surface area contributed by atoms with Crippen LogP contribution in [0, 0.1) is 0 Å². The molecule has 0 aromatic carbocycles. The van der Waals surface area contributed by atoms with Crippen LogP contribution in [0.5, 0.6) is 0 Å². The summed E-state index contributed by atoms with van der Waals surface area (Å²) >= 11 is 0. The number of hydrogen-bond donors (Lipinski definition) is 1. The molecule has 4 heteroatoms. The van der Waals surface area contributed by atoms with Gasteiger partial charge in [0.15, 0.2) is 0 Å². The van der Waals surface area contributed by atoms with Crippen LogP contribution in [0.2, 0.25) is 0 Å². The number of carbonyl (C=O) groups is 1. The maximum Gasteiger partial charge on any atom is 0.407 e. The molecule has 2 rings (SSSR count). The highest BCUT2D eigenvalue weighted by Gasteiger charge is 2.47. The molecule has 1 aliphatic carbocycles. The van der Waals surface area contributed by atoms with Gasteiger partial charge in [-0.1, -0.05) is 6.07 Å². The monoisotopic (exact) mass is 220 g/mol. The number of carboxylic acid groups (broad SMARTS) is 1. The van der Waals surface area contributed by atoms with Crippen LogP contribution in [0.25, 0.3) is 0 Å². The van der Waals surface area contributed by atoms with Crippen LogP contribution >= 0.6 is 0 Å². The molecule has 0 radical (unpaired) electrons. The minimum atomic E-state index is -0.830. The minimum absolute atomic E-state index is 0.109. The fourth-order valence-electron chi connectivity index (χ4n) is 2.02. The van der Waals surface area contributed by atoms with Crippen LogP contribution in [0.3, 0.4) is 0 Å². The van der Waals surface area contributed by atoms with Gasteiger partial charge in [0, 0.05) is 25.0 Å². The molecular weight excluding hydrogens is 204 g/mol. The number of rotatable bonds is 4. The van der Waals surface area contributed by atoms with Crippen molar-refractivity contribution in [1.29, 1.82) is 0 Å². The first-order chi connectivity index (χ1) is 7.64. The molecule has 1 aromatic heterocycles. The molecule has 1 aliphatic rings. The quantitative estimate of drug-likeness (QED) is 0.845. The third-order valence-electron chi connectivity index (χ3n) is 3.43. The zero-order valence-corrected chi connectivity index (χ0v) is 9.39. The maximum absolute atomic E-state index is 10.9. The fraction of sp³-hybridized carbons (Fsp3) is 0.500. The molecule has 16 heavy (non-hydrogen) atoms. The summed E-state index contributed by atoms with van der Waals surface area (Å²) in [4.78, 5) is 16.4. The molecule has 1 aromatic rings. The highest BCUT2D eigenvalue weighted by atomic mass is 16.4. The van der Waals surface area contributed by atoms with Gasteiger partial charge in [0.2, 0.25) is 0 Å². The van der Waals surface area contributed by atoms with Crippen molar-refractivity contribution in [2.45, 2.75) is 31.2 Å². The molecule has 1 amide bonds. The lowest BCUT2D eigenvalue weighted by Gasteiger charge is -2.25. The van der Waals surface area contributed by atoms with E-state index in [1.807, 2.05) is 18.3 Å². The number of aryl methyl sites for hydroxylation is 1. The molecule has 4 nitrogen and oxygen atoms in total. The Morgan fingerprint density at radius 2 is 2.38 bits per heavy atom. The molecule has 0 saturated heterocycles. The fourth-order valence-corrected chi connectivity index (χ4v) is 2.02. The average molecular weight is 220 g/mol. The van der Waals surface area contributed by atoms with Crippen molar-refractivity contribution >= 4 is 6.09 Å². The Hall–Kier alpha value is -1.58. The summed E-state index contributed by atoms with van der Waals surface area (Å²) in [5.74, 6) is 0. The van der Waals surface area contributed by atoms with Gasteiger partial charge in [-0.25, -0.2) is 4.79 Å². The van der Waals surface area contributed by atoms with Gasteiger partial charge in [-0.05, 0) is 37.3 Å². The molecule has 0 bridgehead atoms. The first-order valence-corrected chi connectivity index (χ1v) is 5.50. The molecule has 86 valence electrons. The van der Waals surface area contributed by atoms with E-state index in [0.717, 1.165) is 25.7 Å². The highest BCUT2D eigenvalue weighted by molar-refractivity contribution is 5.66. The van der Waals surface area contributed by atoms with E-state index < -0.39 is 6.09 Å². The van der Waals surface area contributed by atoms with E-state index in [0.29, 0.717) is 0 Å². The van der Waals surface area contributed by atoms with Gasteiger partial charge in [-0.3, -0.25) is 4.98 Å². The van der Waals surface area contributed by atoms with Crippen LogP contribution in [0.4, 0.5) is 4.79 Å². The number of hydrogen-bond acceptors (Lipinski definition) is 2. The molecule has 0 atom stereocenters. The van der Waals surface area contributed by atoms with Crippen molar-refractivity contribution in [3.63, 3.8) is 0 Å². The predicted molar refractivity (Wildman–Crippen MR) is 60.3 cm³/mol. The SMILES string of the molecule is CN(C(=O)O)C1(CCc2cccnc2)CC1. The average Bonchev–Trinajstić information content (AvgIpc) is 3.08.